The summed E-state index contributed by atoms with van der Waals surface area (Å²) in [6.45, 7) is 12.0. The van der Waals surface area contributed by atoms with Crippen molar-refractivity contribution >= 4 is 17.3 Å². The normalized spacial score (nSPS) is 18.0. The van der Waals surface area contributed by atoms with Crippen LogP contribution in [0.1, 0.15) is 65.0 Å². The number of allylic oxidation sites excluding steroid dienone is 4. The van der Waals surface area contributed by atoms with Crippen LogP contribution in [0.2, 0.25) is 0 Å². The molecule has 0 aromatic heterocycles. The Morgan fingerprint density at radius 1 is 1.04 bits per heavy atom. The molecule has 3 heteroatoms. The van der Waals surface area contributed by atoms with Gasteiger partial charge in [0.25, 0.3) is 0 Å². The Morgan fingerprint density at radius 3 is 2.28 bits per heavy atom. The maximum absolute atomic E-state index is 14.1. The topological polar surface area (TPSA) is 9.23 Å². The number of ether oxygens (including phenoxy) is 1. The van der Waals surface area contributed by atoms with Gasteiger partial charge < -0.3 is 4.74 Å². The van der Waals surface area contributed by atoms with Gasteiger partial charge in [0.15, 0.2) is 0 Å². The van der Waals surface area contributed by atoms with Crippen molar-refractivity contribution in [2.24, 2.45) is 0 Å². The van der Waals surface area contributed by atoms with E-state index in [-0.39, 0.29) is 11.7 Å². The zero-order chi connectivity index (χ0) is 19.2. The van der Waals surface area contributed by atoms with Crippen LogP contribution >= 0.6 is 11.8 Å². The van der Waals surface area contributed by atoms with Crippen molar-refractivity contribution in [3.63, 3.8) is 0 Å². The fraction of sp³-hybridized carbons (Fsp3) is 0.455. The molecule has 0 saturated carbocycles. The molecule has 1 heterocycles. The molecular weight excluding hydrogens is 331 g/mol. The molecule has 0 radical (unpaired) electrons. The van der Waals surface area contributed by atoms with Crippen molar-refractivity contribution in [1.29, 1.82) is 0 Å². The first kappa shape index (κ1) is 23.5. The SMILES string of the molecule is CC.CC.COc1cc(F)c(C(C)C)cc1/C1=C/SC/C=C\C=C/C1. The molecule has 25 heavy (non-hydrogen) atoms. The van der Waals surface area contributed by atoms with Crippen molar-refractivity contribution < 1.29 is 9.13 Å². The van der Waals surface area contributed by atoms with E-state index < -0.39 is 0 Å². The van der Waals surface area contributed by atoms with Gasteiger partial charge in [-0.1, -0.05) is 65.8 Å². The zero-order valence-corrected chi connectivity index (χ0v) is 17.5. The van der Waals surface area contributed by atoms with E-state index in [0.717, 1.165) is 23.3 Å². The average Bonchev–Trinajstić information content (AvgIpc) is 2.78. The van der Waals surface area contributed by atoms with Crippen molar-refractivity contribution in [1.82, 2.24) is 0 Å². The van der Waals surface area contributed by atoms with E-state index in [0.29, 0.717) is 5.75 Å². The molecule has 0 aliphatic carbocycles. The third-order valence-corrected chi connectivity index (χ3v) is 4.26. The number of methoxy groups -OCH3 is 1. The molecular formula is C22H33FOS. The van der Waals surface area contributed by atoms with Crippen LogP contribution < -0.4 is 4.74 Å². The summed E-state index contributed by atoms with van der Waals surface area (Å²) < 4.78 is 19.5. The van der Waals surface area contributed by atoms with Crippen molar-refractivity contribution in [3.8, 4) is 5.75 Å². The average molecular weight is 365 g/mol. The summed E-state index contributed by atoms with van der Waals surface area (Å²) in [7, 11) is 1.59. The van der Waals surface area contributed by atoms with E-state index in [9.17, 15) is 4.39 Å². The molecule has 1 aromatic rings. The lowest BCUT2D eigenvalue weighted by molar-refractivity contribution is 0.409. The predicted molar refractivity (Wildman–Crippen MR) is 113 cm³/mol. The second kappa shape index (κ2) is 13.8. The molecule has 0 atom stereocenters. The smallest absolute Gasteiger partial charge is 0.130 e. The van der Waals surface area contributed by atoms with Gasteiger partial charge in [-0.05, 0) is 34.9 Å². The predicted octanol–water partition coefficient (Wildman–Crippen LogP) is 7.60. The standard InChI is InChI=1S/C18H21FOS.2C2H6/c1-13(2)15-10-16(18(20-3)11-17(15)19)14-8-6-4-5-7-9-21-12-14;2*1-2/h4-7,10-13H,8-9H2,1-3H3;2*1-2H3/b6-4-,7-5-,14-12+;;. The highest BCUT2D eigenvalue weighted by atomic mass is 32.2. The highest BCUT2D eigenvalue weighted by molar-refractivity contribution is 8.02. The van der Waals surface area contributed by atoms with Gasteiger partial charge in [-0.2, -0.15) is 0 Å². The highest BCUT2D eigenvalue weighted by Gasteiger charge is 2.15. The Hall–Kier alpha value is -1.48. The van der Waals surface area contributed by atoms with Crippen molar-refractivity contribution in [2.45, 2.75) is 53.9 Å². The summed E-state index contributed by atoms with van der Waals surface area (Å²) in [5, 5.41) is 2.15. The fourth-order valence-electron chi connectivity index (χ4n) is 2.27. The summed E-state index contributed by atoms with van der Waals surface area (Å²) in [5.74, 6) is 1.49. The van der Waals surface area contributed by atoms with Gasteiger partial charge in [-0.15, -0.1) is 11.8 Å². The second-order valence-corrected chi connectivity index (χ2v) is 6.17. The maximum atomic E-state index is 14.1. The van der Waals surface area contributed by atoms with Gasteiger partial charge in [0.05, 0.1) is 7.11 Å². The number of thioether (sulfide) groups is 1. The first-order valence-electron chi connectivity index (χ1n) is 9.13. The van der Waals surface area contributed by atoms with Gasteiger partial charge in [0.2, 0.25) is 0 Å². The van der Waals surface area contributed by atoms with Crippen LogP contribution in [-0.2, 0) is 0 Å². The zero-order valence-electron chi connectivity index (χ0n) is 16.7. The third kappa shape index (κ3) is 7.52. The molecule has 0 fully saturated rings. The van der Waals surface area contributed by atoms with Crippen LogP contribution in [0.15, 0.2) is 41.8 Å². The first-order chi connectivity index (χ1) is 12.1. The summed E-state index contributed by atoms with van der Waals surface area (Å²) in [4.78, 5) is 0. The Balaban J connectivity index is 0.00000134. The first-order valence-corrected chi connectivity index (χ1v) is 10.2. The van der Waals surface area contributed by atoms with Crippen LogP contribution in [0.5, 0.6) is 5.75 Å². The van der Waals surface area contributed by atoms with Gasteiger partial charge in [-0.3, -0.25) is 0 Å². The van der Waals surface area contributed by atoms with E-state index in [1.807, 2.05) is 47.6 Å². The number of hydrogen-bond acceptors (Lipinski definition) is 2. The van der Waals surface area contributed by atoms with E-state index >= 15 is 0 Å². The van der Waals surface area contributed by atoms with Crippen molar-refractivity contribution in [2.75, 3.05) is 12.9 Å². The van der Waals surface area contributed by atoms with Crippen LogP contribution in [0, 0.1) is 5.82 Å². The summed E-state index contributed by atoms with van der Waals surface area (Å²) in [6, 6.07) is 3.44. The summed E-state index contributed by atoms with van der Waals surface area (Å²) in [6.07, 6.45) is 9.18. The summed E-state index contributed by atoms with van der Waals surface area (Å²) >= 11 is 1.74. The Kier molecular flexibility index (Phi) is 13.0. The van der Waals surface area contributed by atoms with E-state index in [1.54, 1.807) is 18.9 Å². The molecule has 0 spiro atoms. The minimum absolute atomic E-state index is 0.149. The molecule has 0 saturated heterocycles. The van der Waals surface area contributed by atoms with Gasteiger partial charge in [0.1, 0.15) is 11.6 Å². The molecule has 0 bridgehead atoms. The number of rotatable bonds is 3. The van der Waals surface area contributed by atoms with Gasteiger partial charge in [0, 0.05) is 17.4 Å². The molecule has 2 rings (SSSR count). The van der Waals surface area contributed by atoms with Crippen LogP contribution in [-0.4, -0.2) is 12.9 Å². The largest absolute Gasteiger partial charge is 0.496 e. The van der Waals surface area contributed by atoms with E-state index in [2.05, 4.69) is 29.7 Å². The molecule has 0 amide bonds. The quantitative estimate of drug-likeness (QED) is 0.546. The lowest BCUT2D eigenvalue weighted by atomic mass is 9.95. The van der Waals surface area contributed by atoms with Crippen LogP contribution in [0.3, 0.4) is 0 Å². The molecule has 140 valence electrons. The van der Waals surface area contributed by atoms with E-state index in [4.69, 9.17) is 4.74 Å². The van der Waals surface area contributed by atoms with Gasteiger partial charge >= 0.3 is 0 Å². The number of halogens is 1. The number of benzene rings is 1. The van der Waals surface area contributed by atoms with Crippen LogP contribution in [0.25, 0.3) is 5.57 Å². The van der Waals surface area contributed by atoms with Crippen molar-refractivity contribution in [3.05, 3.63) is 58.8 Å². The minimum atomic E-state index is -0.195. The molecule has 0 unspecified atom stereocenters. The molecule has 0 N–H and O–H groups in total. The highest BCUT2D eigenvalue weighted by Crippen LogP contribution is 2.35. The maximum Gasteiger partial charge on any atom is 0.130 e. The molecule has 1 aliphatic rings. The van der Waals surface area contributed by atoms with Crippen LogP contribution in [0.4, 0.5) is 4.39 Å². The molecule has 1 aromatic carbocycles. The minimum Gasteiger partial charge on any atom is -0.496 e. The van der Waals surface area contributed by atoms with Gasteiger partial charge in [-0.25, -0.2) is 4.39 Å². The molecule has 1 nitrogen and oxygen atoms in total. The summed E-state index contributed by atoms with van der Waals surface area (Å²) in [5.41, 5.74) is 2.89. The Morgan fingerprint density at radius 2 is 1.68 bits per heavy atom. The lowest BCUT2D eigenvalue weighted by Gasteiger charge is -2.16. The monoisotopic (exact) mass is 364 g/mol. The lowest BCUT2D eigenvalue weighted by Crippen LogP contribution is -1.99. The Bertz CT molecular complexity index is 586. The third-order valence-electron chi connectivity index (χ3n) is 3.43. The fourth-order valence-corrected chi connectivity index (χ4v) is 3.01. The van der Waals surface area contributed by atoms with E-state index in [1.165, 1.54) is 11.6 Å². The number of hydrogen-bond donors (Lipinski definition) is 0. The second-order valence-electron chi connectivity index (χ2n) is 5.27. The molecule has 1 aliphatic heterocycles. The Labute approximate surface area is 158 Å².